The quantitative estimate of drug-likeness (QED) is 0.528. The van der Waals surface area contributed by atoms with Gasteiger partial charge in [0.05, 0.1) is 6.61 Å². The lowest BCUT2D eigenvalue weighted by atomic mass is 10.2. The van der Waals surface area contributed by atoms with Crippen LogP contribution in [0.15, 0.2) is 72.8 Å². The van der Waals surface area contributed by atoms with E-state index in [1.165, 1.54) is 12.1 Å². The van der Waals surface area contributed by atoms with E-state index in [1.807, 2.05) is 61.5 Å². The number of ether oxygens (including phenoxy) is 2. The molecule has 0 bridgehead atoms. The van der Waals surface area contributed by atoms with Gasteiger partial charge in [-0.3, -0.25) is 0 Å². The minimum atomic E-state index is -0.270. The fourth-order valence-corrected chi connectivity index (χ4v) is 2.61. The third kappa shape index (κ3) is 5.72. The minimum Gasteiger partial charge on any atom is -0.490 e. The van der Waals surface area contributed by atoms with E-state index in [1.54, 1.807) is 6.07 Å². The van der Waals surface area contributed by atoms with Crippen LogP contribution in [0.4, 0.5) is 10.1 Å². The molecule has 0 heterocycles. The van der Waals surface area contributed by atoms with Crippen LogP contribution in [-0.2, 0) is 13.2 Å². The Morgan fingerprint density at radius 1 is 0.815 bits per heavy atom. The van der Waals surface area contributed by atoms with Gasteiger partial charge in [0.1, 0.15) is 12.4 Å². The number of nitrogens with one attached hydrogen (secondary N) is 2. The average molecular weight is 366 g/mol. The van der Waals surface area contributed by atoms with Crippen LogP contribution in [0.2, 0.25) is 0 Å². The molecular formula is C22H23FN2O2. The summed E-state index contributed by atoms with van der Waals surface area (Å²) >= 11 is 0. The molecule has 0 spiro atoms. The van der Waals surface area contributed by atoms with Gasteiger partial charge in [-0.15, -0.1) is 0 Å². The molecule has 0 atom stereocenters. The first kappa shape index (κ1) is 18.7. The predicted molar refractivity (Wildman–Crippen MR) is 105 cm³/mol. The number of hydrogen-bond acceptors (Lipinski definition) is 4. The highest BCUT2D eigenvalue weighted by Crippen LogP contribution is 2.29. The number of hydrazine groups is 1. The Bertz CT molecular complexity index is 856. The lowest BCUT2D eigenvalue weighted by Crippen LogP contribution is -2.20. The van der Waals surface area contributed by atoms with Crippen LogP contribution in [0.3, 0.4) is 0 Å². The summed E-state index contributed by atoms with van der Waals surface area (Å²) in [6.07, 6.45) is 0. The number of para-hydroxylation sites is 1. The Labute approximate surface area is 158 Å². The Balaban J connectivity index is 1.61. The lowest BCUT2D eigenvalue weighted by Gasteiger charge is -2.14. The normalized spacial score (nSPS) is 10.4. The molecule has 5 heteroatoms. The van der Waals surface area contributed by atoms with Crippen LogP contribution < -0.4 is 20.3 Å². The van der Waals surface area contributed by atoms with Crippen molar-refractivity contribution in [1.29, 1.82) is 0 Å². The van der Waals surface area contributed by atoms with E-state index in [9.17, 15) is 4.39 Å². The Kier molecular flexibility index (Phi) is 6.66. The second kappa shape index (κ2) is 9.59. The predicted octanol–water partition coefficient (Wildman–Crippen LogP) is 4.92. The molecule has 0 aliphatic carbocycles. The fourth-order valence-electron chi connectivity index (χ4n) is 2.61. The molecule has 4 nitrogen and oxygen atoms in total. The molecule has 2 N–H and O–H groups in total. The Morgan fingerprint density at radius 2 is 1.67 bits per heavy atom. The van der Waals surface area contributed by atoms with E-state index in [0.717, 1.165) is 16.8 Å². The first-order chi connectivity index (χ1) is 13.2. The molecule has 0 amide bonds. The van der Waals surface area contributed by atoms with E-state index in [0.29, 0.717) is 24.7 Å². The largest absolute Gasteiger partial charge is 0.490 e. The molecule has 3 aromatic rings. The van der Waals surface area contributed by atoms with Gasteiger partial charge in [0.25, 0.3) is 0 Å². The Hall–Kier alpha value is -3.05. The highest BCUT2D eigenvalue weighted by Gasteiger charge is 2.07. The van der Waals surface area contributed by atoms with Crippen LogP contribution in [0.1, 0.15) is 18.1 Å². The standard InChI is InChI=1S/C22H23FN2O2/c1-2-26-22-14-17(15-24-25-20-9-4-3-5-10-20)11-12-21(22)27-16-18-7-6-8-19(23)13-18/h3-14,24-25H,2,15-16H2,1H3. The molecule has 140 valence electrons. The molecule has 0 saturated heterocycles. The SMILES string of the molecule is CCOc1cc(CNNc2ccccc2)ccc1OCc1cccc(F)c1. The first-order valence-electron chi connectivity index (χ1n) is 8.91. The van der Waals surface area contributed by atoms with Gasteiger partial charge in [-0.05, 0) is 54.4 Å². The molecule has 0 aliphatic rings. The van der Waals surface area contributed by atoms with E-state index < -0.39 is 0 Å². The number of benzene rings is 3. The van der Waals surface area contributed by atoms with Gasteiger partial charge in [-0.2, -0.15) is 0 Å². The van der Waals surface area contributed by atoms with E-state index >= 15 is 0 Å². The van der Waals surface area contributed by atoms with Crippen LogP contribution >= 0.6 is 0 Å². The van der Waals surface area contributed by atoms with Crippen molar-refractivity contribution in [1.82, 2.24) is 5.43 Å². The molecule has 0 fully saturated rings. The van der Waals surface area contributed by atoms with Gasteiger partial charge in [-0.25, -0.2) is 9.82 Å². The monoisotopic (exact) mass is 366 g/mol. The molecule has 0 aliphatic heterocycles. The van der Waals surface area contributed by atoms with Crippen molar-refractivity contribution in [3.63, 3.8) is 0 Å². The van der Waals surface area contributed by atoms with E-state index in [2.05, 4.69) is 10.9 Å². The molecule has 0 radical (unpaired) electrons. The maximum absolute atomic E-state index is 13.3. The van der Waals surface area contributed by atoms with Crippen molar-refractivity contribution in [3.05, 3.63) is 89.7 Å². The maximum atomic E-state index is 13.3. The number of halogens is 1. The first-order valence-corrected chi connectivity index (χ1v) is 8.91. The van der Waals surface area contributed by atoms with E-state index in [4.69, 9.17) is 9.47 Å². The summed E-state index contributed by atoms with van der Waals surface area (Å²) in [6, 6.07) is 22.1. The maximum Gasteiger partial charge on any atom is 0.161 e. The number of anilines is 1. The number of hydrogen-bond donors (Lipinski definition) is 2. The molecule has 0 aromatic heterocycles. The highest BCUT2D eigenvalue weighted by atomic mass is 19.1. The second-order valence-corrected chi connectivity index (χ2v) is 5.98. The third-order valence-corrected chi connectivity index (χ3v) is 3.89. The summed E-state index contributed by atoms with van der Waals surface area (Å²) in [5.74, 6) is 1.04. The molecule has 0 unspecified atom stereocenters. The van der Waals surface area contributed by atoms with Crippen molar-refractivity contribution in [2.45, 2.75) is 20.1 Å². The van der Waals surface area contributed by atoms with Crippen LogP contribution in [-0.4, -0.2) is 6.61 Å². The molecule has 3 aromatic carbocycles. The van der Waals surface area contributed by atoms with Gasteiger partial charge in [0.2, 0.25) is 0 Å². The van der Waals surface area contributed by atoms with Gasteiger partial charge in [0.15, 0.2) is 11.5 Å². The van der Waals surface area contributed by atoms with Gasteiger partial charge < -0.3 is 14.9 Å². The summed E-state index contributed by atoms with van der Waals surface area (Å²) in [7, 11) is 0. The molecule has 3 rings (SSSR count). The van der Waals surface area contributed by atoms with Crippen molar-refractivity contribution >= 4 is 5.69 Å². The zero-order valence-electron chi connectivity index (χ0n) is 15.2. The Morgan fingerprint density at radius 3 is 2.44 bits per heavy atom. The van der Waals surface area contributed by atoms with Crippen molar-refractivity contribution in [2.24, 2.45) is 0 Å². The van der Waals surface area contributed by atoms with Crippen LogP contribution in [0.5, 0.6) is 11.5 Å². The summed E-state index contributed by atoms with van der Waals surface area (Å²) in [5, 5.41) is 0. The van der Waals surface area contributed by atoms with Crippen molar-refractivity contribution in [2.75, 3.05) is 12.0 Å². The van der Waals surface area contributed by atoms with Crippen molar-refractivity contribution < 1.29 is 13.9 Å². The molecular weight excluding hydrogens is 343 g/mol. The highest BCUT2D eigenvalue weighted by molar-refractivity contribution is 5.44. The zero-order chi connectivity index (χ0) is 18.9. The van der Waals surface area contributed by atoms with Gasteiger partial charge in [0, 0.05) is 12.2 Å². The fraction of sp³-hybridized carbons (Fsp3) is 0.182. The average Bonchev–Trinajstić information content (AvgIpc) is 2.68. The van der Waals surface area contributed by atoms with Gasteiger partial charge in [-0.1, -0.05) is 36.4 Å². The van der Waals surface area contributed by atoms with Crippen LogP contribution in [0.25, 0.3) is 0 Å². The summed E-state index contributed by atoms with van der Waals surface area (Å²) < 4.78 is 24.8. The topological polar surface area (TPSA) is 42.5 Å². The molecule has 0 saturated carbocycles. The summed E-state index contributed by atoms with van der Waals surface area (Å²) in [6.45, 7) is 3.37. The second-order valence-electron chi connectivity index (χ2n) is 5.98. The minimum absolute atomic E-state index is 0.270. The zero-order valence-corrected chi connectivity index (χ0v) is 15.2. The summed E-state index contributed by atoms with van der Waals surface area (Å²) in [4.78, 5) is 0. The van der Waals surface area contributed by atoms with Crippen molar-refractivity contribution in [3.8, 4) is 11.5 Å². The van der Waals surface area contributed by atoms with Gasteiger partial charge >= 0.3 is 0 Å². The number of rotatable bonds is 9. The van der Waals surface area contributed by atoms with E-state index in [-0.39, 0.29) is 12.4 Å². The third-order valence-electron chi connectivity index (χ3n) is 3.89. The molecule has 27 heavy (non-hydrogen) atoms. The smallest absolute Gasteiger partial charge is 0.161 e. The van der Waals surface area contributed by atoms with Crippen LogP contribution in [0, 0.1) is 5.82 Å². The summed E-state index contributed by atoms with van der Waals surface area (Å²) in [5.41, 5.74) is 9.16. The lowest BCUT2D eigenvalue weighted by molar-refractivity contribution is 0.268.